The van der Waals surface area contributed by atoms with Gasteiger partial charge >= 0.3 is 5.97 Å². The lowest BCUT2D eigenvalue weighted by molar-refractivity contribution is 0.0696. The summed E-state index contributed by atoms with van der Waals surface area (Å²) in [5, 5.41) is 8.68. The van der Waals surface area contributed by atoms with Crippen LogP contribution in [0, 0.1) is 5.82 Å². The molecule has 0 saturated heterocycles. The molecule has 1 aromatic carbocycles. The molecule has 1 aromatic rings. The van der Waals surface area contributed by atoms with E-state index in [1.165, 1.54) is 12.1 Å². The molecule has 1 rings (SSSR count). The van der Waals surface area contributed by atoms with Crippen LogP contribution in [0.15, 0.2) is 18.2 Å². The molecule has 1 N–H and O–H groups in total. The molecular weight excluding hydrogens is 219 g/mol. The Hall–Kier alpha value is -1.23. The Morgan fingerprint density at radius 1 is 1.53 bits per heavy atom. The predicted molar refractivity (Wildman–Crippen MR) is 57.2 cm³/mol. The largest absolute Gasteiger partial charge is 0.493 e. The Morgan fingerprint density at radius 3 is 2.87 bits per heavy atom. The lowest BCUT2D eigenvalue weighted by atomic mass is 10.2. The van der Waals surface area contributed by atoms with E-state index in [0.29, 0.717) is 6.61 Å². The van der Waals surface area contributed by atoms with E-state index in [-0.39, 0.29) is 11.3 Å². The first-order valence-electron chi connectivity index (χ1n) is 4.29. The zero-order valence-corrected chi connectivity index (χ0v) is 9.01. The summed E-state index contributed by atoms with van der Waals surface area (Å²) in [6, 6.07) is 3.45. The highest BCUT2D eigenvalue weighted by molar-refractivity contribution is 7.98. The molecule has 0 bridgehead atoms. The van der Waals surface area contributed by atoms with Crippen molar-refractivity contribution in [1.82, 2.24) is 0 Å². The second kappa shape index (κ2) is 5.60. The molecular formula is C10H11FO3S. The topological polar surface area (TPSA) is 46.5 Å². The van der Waals surface area contributed by atoms with E-state index >= 15 is 0 Å². The molecule has 3 nitrogen and oxygen atoms in total. The molecule has 82 valence electrons. The molecule has 0 aliphatic carbocycles. The molecule has 15 heavy (non-hydrogen) atoms. The molecule has 0 aliphatic rings. The van der Waals surface area contributed by atoms with Gasteiger partial charge in [-0.15, -0.1) is 0 Å². The Morgan fingerprint density at radius 2 is 2.27 bits per heavy atom. The maximum absolute atomic E-state index is 12.9. The zero-order chi connectivity index (χ0) is 11.3. The average molecular weight is 230 g/mol. The van der Waals surface area contributed by atoms with Gasteiger partial charge in [-0.3, -0.25) is 0 Å². The van der Waals surface area contributed by atoms with Crippen molar-refractivity contribution in [2.75, 3.05) is 18.6 Å². The van der Waals surface area contributed by atoms with E-state index in [0.717, 1.165) is 11.8 Å². The van der Waals surface area contributed by atoms with E-state index < -0.39 is 11.8 Å². The zero-order valence-electron chi connectivity index (χ0n) is 8.20. The van der Waals surface area contributed by atoms with Crippen LogP contribution in [0.25, 0.3) is 0 Å². The van der Waals surface area contributed by atoms with Crippen molar-refractivity contribution in [3.05, 3.63) is 29.6 Å². The summed E-state index contributed by atoms with van der Waals surface area (Å²) in [4.78, 5) is 10.6. The number of halogens is 1. The second-order valence-corrected chi connectivity index (χ2v) is 3.81. The predicted octanol–water partition coefficient (Wildman–Crippen LogP) is 2.27. The molecule has 0 aliphatic heterocycles. The molecule has 0 saturated carbocycles. The fraction of sp³-hybridized carbons (Fsp3) is 0.300. The quantitative estimate of drug-likeness (QED) is 0.788. The summed E-state index contributed by atoms with van der Waals surface area (Å²) in [5.74, 6) is -0.737. The van der Waals surface area contributed by atoms with Gasteiger partial charge < -0.3 is 9.84 Å². The summed E-state index contributed by atoms with van der Waals surface area (Å²) < 4.78 is 18.1. The lowest BCUT2D eigenvalue weighted by Crippen LogP contribution is -2.02. The van der Waals surface area contributed by atoms with Crippen LogP contribution >= 0.6 is 11.8 Å². The van der Waals surface area contributed by atoms with Gasteiger partial charge in [0.05, 0.1) is 12.2 Å². The number of thioether (sulfide) groups is 1. The highest BCUT2D eigenvalue weighted by Gasteiger charge is 2.07. The number of carbonyl (C=O) groups is 1. The molecule has 0 fully saturated rings. The first kappa shape index (κ1) is 11.8. The van der Waals surface area contributed by atoms with E-state index in [2.05, 4.69) is 0 Å². The highest BCUT2D eigenvalue weighted by atomic mass is 32.2. The van der Waals surface area contributed by atoms with Crippen molar-refractivity contribution in [3.8, 4) is 5.75 Å². The first-order valence-corrected chi connectivity index (χ1v) is 5.68. The summed E-state index contributed by atoms with van der Waals surface area (Å²) in [5.41, 5.74) is -0.103. The first-order chi connectivity index (χ1) is 7.13. The number of carboxylic acids is 1. The highest BCUT2D eigenvalue weighted by Crippen LogP contribution is 2.16. The Balaban J connectivity index is 2.75. The minimum atomic E-state index is -1.16. The SMILES string of the molecule is CSCCOc1cc(F)cc(C(=O)O)c1. The molecule has 0 amide bonds. The maximum Gasteiger partial charge on any atom is 0.335 e. The van der Waals surface area contributed by atoms with Crippen LogP contribution in [0.2, 0.25) is 0 Å². The van der Waals surface area contributed by atoms with Gasteiger partial charge in [0.15, 0.2) is 0 Å². The molecule has 0 spiro atoms. The third kappa shape index (κ3) is 3.79. The van der Waals surface area contributed by atoms with Crippen molar-refractivity contribution in [1.29, 1.82) is 0 Å². The number of hydrogen-bond donors (Lipinski definition) is 1. The Labute approximate surface area is 91.2 Å². The number of aromatic carboxylic acids is 1. The molecule has 0 unspecified atom stereocenters. The van der Waals surface area contributed by atoms with E-state index in [1.807, 2.05) is 6.26 Å². The van der Waals surface area contributed by atoms with Gasteiger partial charge in [0.25, 0.3) is 0 Å². The maximum atomic E-state index is 12.9. The van der Waals surface area contributed by atoms with Crippen molar-refractivity contribution in [3.63, 3.8) is 0 Å². The van der Waals surface area contributed by atoms with Gasteiger partial charge in [-0.25, -0.2) is 9.18 Å². The van der Waals surface area contributed by atoms with Crippen LogP contribution in [0.4, 0.5) is 4.39 Å². The van der Waals surface area contributed by atoms with Gasteiger partial charge in [-0.2, -0.15) is 11.8 Å². The number of carboxylic acid groups (broad SMARTS) is 1. The third-order valence-electron chi connectivity index (χ3n) is 1.67. The van der Waals surface area contributed by atoms with Crippen LogP contribution in [0.5, 0.6) is 5.75 Å². The Kier molecular flexibility index (Phi) is 4.42. The van der Waals surface area contributed by atoms with Gasteiger partial charge in [0, 0.05) is 11.8 Å². The van der Waals surface area contributed by atoms with Crippen molar-refractivity contribution in [2.24, 2.45) is 0 Å². The number of rotatable bonds is 5. The standard InChI is InChI=1S/C10H11FO3S/c1-15-3-2-14-9-5-7(10(12)13)4-8(11)6-9/h4-6H,2-3H2,1H3,(H,12,13). The monoisotopic (exact) mass is 230 g/mol. The van der Waals surface area contributed by atoms with E-state index in [1.54, 1.807) is 11.8 Å². The summed E-state index contributed by atoms with van der Waals surface area (Å²) in [7, 11) is 0. The number of ether oxygens (including phenoxy) is 1. The lowest BCUT2D eigenvalue weighted by Gasteiger charge is -2.06. The van der Waals surface area contributed by atoms with Crippen LogP contribution in [0.3, 0.4) is 0 Å². The minimum Gasteiger partial charge on any atom is -0.493 e. The van der Waals surface area contributed by atoms with Crippen LogP contribution in [0.1, 0.15) is 10.4 Å². The molecule has 0 aromatic heterocycles. The molecule has 0 heterocycles. The Bertz CT molecular complexity index is 355. The summed E-state index contributed by atoms with van der Waals surface area (Å²) in [6.07, 6.45) is 1.93. The second-order valence-electron chi connectivity index (χ2n) is 2.82. The smallest absolute Gasteiger partial charge is 0.335 e. The fourth-order valence-corrected chi connectivity index (χ4v) is 1.26. The molecule has 0 radical (unpaired) electrons. The molecule has 0 atom stereocenters. The fourth-order valence-electron chi connectivity index (χ4n) is 1.01. The van der Waals surface area contributed by atoms with E-state index in [9.17, 15) is 9.18 Å². The average Bonchev–Trinajstić information content (AvgIpc) is 2.17. The normalized spacial score (nSPS) is 10.0. The van der Waals surface area contributed by atoms with Crippen LogP contribution < -0.4 is 4.74 Å². The number of hydrogen-bond acceptors (Lipinski definition) is 3. The van der Waals surface area contributed by atoms with Crippen LogP contribution in [-0.4, -0.2) is 29.7 Å². The van der Waals surface area contributed by atoms with Crippen molar-refractivity contribution < 1.29 is 19.0 Å². The van der Waals surface area contributed by atoms with Gasteiger partial charge in [0.2, 0.25) is 0 Å². The summed E-state index contributed by atoms with van der Waals surface area (Å²) in [6.45, 7) is 0.434. The third-order valence-corrected chi connectivity index (χ3v) is 2.25. The number of benzene rings is 1. The van der Waals surface area contributed by atoms with Gasteiger partial charge in [0.1, 0.15) is 11.6 Å². The van der Waals surface area contributed by atoms with Crippen molar-refractivity contribution in [2.45, 2.75) is 0 Å². The van der Waals surface area contributed by atoms with Gasteiger partial charge in [-0.05, 0) is 18.4 Å². The summed E-state index contributed by atoms with van der Waals surface area (Å²) >= 11 is 1.60. The minimum absolute atomic E-state index is 0.103. The van der Waals surface area contributed by atoms with Gasteiger partial charge in [-0.1, -0.05) is 0 Å². The van der Waals surface area contributed by atoms with Crippen LogP contribution in [-0.2, 0) is 0 Å². The van der Waals surface area contributed by atoms with Crippen molar-refractivity contribution >= 4 is 17.7 Å². The van der Waals surface area contributed by atoms with E-state index in [4.69, 9.17) is 9.84 Å². The molecule has 5 heteroatoms.